The monoisotopic (exact) mass is 225 g/mol. The summed E-state index contributed by atoms with van der Waals surface area (Å²) in [6.45, 7) is 4.25. The normalized spacial score (nSPS) is 13.5. The summed E-state index contributed by atoms with van der Waals surface area (Å²) in [4.78, 5) is 16.8. The molecule has 2 aromatic rings. The molecule has 0 aromatic carbocycles. The van der Waals surface area contributed by atoms with Gasteiger partial charge in [-0.15, -0.1) is 0 Å². The molecule has 0 saturated heterocycles. The zero-order valence-corrected chi connectivity index (χ0v) is 9.83. The summed E-state index contributed by atoms with van der Waals surface area (Å²) in [7, 11) is 0. The summed E-state index contributed by atoms with van der Waals surface area (Å²) in [5, 5.41) is 0. The second-order valence-corrected chi connectivity index (χ2v) is 4.71. The first-order valence-electron chi connectivity index (χ1n) is 5.29. The standard InChI is InChI=1S/C10H15N3OS/c1-3-4-5-8(2)13-10(14)12-7-6-11-9(12)15-13/h6-8H,3-5H2,1-2H3. The molecule has 0 aliphatic heterocycles. The molecule has 0 N–H and O–H groups in total. The van der Waals surface area contributed by atoms with Crippen LogP contribution in [0.3, 0.4) is 0 Å². The Labute approximate surface area is 92.3 Å². The van der Waals surface area contributed by atoms with Gasteiger partial charge in [-0.1, -0.05) is 19.8 Å². The van der Waals surface area contributed by atoms with Crippen molar-refractivity contribution in [2.45, 2.75) is 39.2 Å². The first-order chi connectivity index (χ1) is 7.24. The molecule has 0 aliphatic carbocycles. The van der Waals surface area contributed by atoms with E-state index in [0.717, 1.165) is 17.8 Å². The number of imidazole rings is 1. The lowest BCUT2D eigenvalue weighted by Gasteiger charge is -2.09. The van der Waals surface area contributed by atoms with Gasteiger partial charge in [-0.3, -0.25) is 0 Å². The Morgan fingerprint density at radius 3 is 3.07 bits per heavy atom. The van der Waals surface area contributed by atoms with Crippen LogP contribution < -0.4 is 5.69 Å². The Kier molecular flexibility index (Phi) is 2.90. The van der Waals surface area contributed by atoms with E-state index in [1.807, 2.05) is 3.96 Å². The van der Waals surface area contributed by atoms with Gasteiger partial charge in [0, 0.05) is 18.4 Å². The highest BCUT2D eigenvalue weighted by molar-refractivity contribution is 7.11. The Morgan fingerprint density at radius 1 is 1.60 bits per heavy atom. The maximum absolute atomic E-state index is 11.9. The maximum Gasteiger partial charge on any atom is 0.344 e. The van der Waals surface area contributed by atoms with Gasteiger partial charge in [0.05, 0.1) is 0 Å². The van der Waals surface area contributed by atoms with Crippen molar-refractivity contribution in [2.24, 2.45) is 0 Å². The molecule has 0 spiro atoms. The van der Waals surface area contributed by atoms with E-state index < -0.39 is 0 Å². The molecule has 5 heteroatoms. The fourth-order valence-corrected chi connectivity index (χ4v) is 2.59. The maximum atomic E-state index is 11.9. The minimum Gasteiger partial charge on any atom is -0.246 e. The van der Waals surface area contributed by atoms with E-state index in [2.05, 4.69) is 18.8 Å². The predicted octanol–water partition coefficient (Wildman–Crippen LogP) is 2.31. The highest BCUT2D eigenvalue weighted by Gasteiger charge is 2.12. The van der Waals surface area contributed by atoms with Crippen LogP contribution in [-0.2, 0) is 0 Å². The third-order valence-electron chi connectivity index (χ3n) is 2.56. The summed E-state index contributed by atoms with van der Waals surface area (Å²) in [6.07, 6.45) is 6.76. The van der Waals surface area contributed by atoms with Crippen molar-refractivity contribution in [3.63, 3.8) is 0 Å². The predicted molar refractivity (Wildman–Crippen MR) is 61.6 cm³/mol. The van der Waals surface area contributed by atoms with Crippen molar-refractivity contribution in [3.05, 3.63) is 22.9 Å². The topological polar surface area (TPSA) is 39.3 Å². The van der Waals surface area contributed by atoms with Crippen LogP contribution in [0.4, 0.5) is 0 Å². The molecule has 1 atom stereocenters. The molecule has 0 aliphatic rings. The van der Waals surface area contributed by atoms with E-state index >= 15 is 0 Å². The number of fused-ring (bicyclic) bond motifs is 1. The largest absolute Gasteiger partial charge is 0.344 e. The molecule has 82 valence electrons. The van der Waals surface area contributed by atoms with Crippen molar-refractivity contribution in [3.8, 4) is 0 Å². The second-order valence-electron chi connectivity index (χ2n) is 3.77. The van der Waals surface area contributed by atoms with Gasteiger partial charge in [-0.2, -0.15) is 0 Å². The van der Waals surface area contributed by atoms with Crippen molar-refractivity contribution >= 4 is 16.5 Å². The highest BCUT2D eigenvalue weighted by Crippen LogP contribution is 2.17. The molecule has 2 heterocycles. The third-order valence-corrected chi connectivity index (χ3v) is 3.74. The molecular weight excluding hydrogens is 210 g/mol. The van der Waals surface area contributed by atoms with E-state index in [1.165, 1.54) is 18.0 Å². The summed E-state index contributed by atoms with van der Waals surface area (Å²) in [5.41, 5.74) is 0.0381. The molecular formula is C10H15N3OS. The zero-order valence-electron chi connectivity index (χ0n) is 9.01. The van der Waals surface area contributed by atoms with Crippen LogP contribution in [-0.4, -0.2) is 13.3 Å². The van der Waals surface area contributed by atoms with Crippen LogP contribution in [0, 0.1) is 0 Å². The van der Waals surface area contributed by atoms with Crippen LogP contribution in [0.25, 0.3) is 4.96 Å². The van der Waals surface area contributed by atoms with Gasteiger partial charge in [-0.25, -0.2) is 18.1 Å². The van der Waals surface area contributed by atoms with Crippen LogP contribution in [0.1, 0.15) is 39.2 Å². The van der Waals surface area contributed by atoms with Gasteiger partial charge in [-0.05, 0) is 24.9 Å². The van der Waals surface area contributed by atoms with Gasteiger partial charge < -0.3 is 0 Å². The lowest BCUT2D eigenvalue weighted by Crippen LogP contribution is -2.21. The average Bonchev–Trinajstić information content (AvgIpc) is 2.78. The molecule has 15 heavy (non-hydrogen) atoms. The Morgan fingerprint density at radius 2 is 2.40 bits per heavy atom. The van der Waals surface area contributed by atoms with Crippen LogP contribution >= 0.6 is 11.5 Å². The number of hydrogen-bond acceptors (Lipinski definition) is 3. The smallest absolute Gasteiger partial charge is 0.246 e. The van der Waals surface area contributed by atoms with Gasteiger partial charge in [0.1, 0.15) is 0 Å². The number of hydrogen-bond donors (Lipinski definition) is 0. The number of aromatic nitrogens is 3. The first-order valence-corrected chi connectivity index (χ1v) is 6.06. The SMILES string of the molecule is CCCCC(C)n1sc2nccn2c1=O. The summed E-state index contributed by atoms with van der Waals surface area (Å²) in [5.74, 6) is 0. The molecule has 1 unspecified atom stereocenters. The highest BCUT2D eigenvalue weighted by atomic mass is 32.1. The number of rotatable bonds is 4. The first kappa shape index (κ1) is 10.4. The van der Waals surface area contributed by atoms with Crippen molar-refractivity contribution < 1.29 is 0 Å². The fourth-order valence-electron chi connectivity index (χ4n) is 1.63. The Hall–Kier alpha value is -1.10. The molecule has 0 amide bonds. The second kappa shape index (κ2) is 4.18. The molecule has 4 nitrogen and oxygen atoms in total. The number of nitrogens with zero attached hydrogens (tertiary/aromatic N) is 3. The van der Waals surface area contributed by atoms with Crippen LogP contribution in [0.5, 0.6) is 0 Å². The quantitative estimate of drug-likeness (QED) is 0.801. The fraction of sp³-hybridized carbons (Fsp3) is 0.600. The lowest BCUT2D eigenvalue weighted by molar-refractivity contribution is 0.498. The minimum atomic E-state index is 0.0381. The summed E-state index contributed by atoms with van der Waals surface area (Å²) < 4.78 is 3.42. The molecule has 2 aromatic heterocycles. The van der Waals surface area contributed by atoms with Crippen molar-refractivity contribution in [2.75, 3.05) is 0 Å². The van der Waals surface area contributed by atoms with Gasteiger partial charge in [0.15, 0.2) is 0 Å². The molecule has 0 fully saturated rings. The third kappa shape index (κ3) is 1.84. The molecule has 0 saturated carbocycles. The van der Waals surface area contributed by atoms with E-state index in [1.54, 1.807) is 16.8 Å². The summed E-state index contributed by atoms with van der Waals surface area (Å²) in [6, 6.07) is 0.282. The summed E-state index contributed by atoms with van der Waals surface area (Å²) >= 11 is 1.45. The Balaban J connectivity index is 2.31. The van der Waals surface area contributed by atoms with Crippen molar-refractivity contribution in [1.29, 1.82) is 0 Å². The minimum absolute atomic E-state index is 0.0381. The van der Waals surface area contributed by atoms with E-state index in [4.69, 9.17) is 0 Å². The van der Waals surface area contributed by atoms with E-state index in [-0.39, 0.29) is 11.7 Å². The van der Waals surface area contributed by atoms with E-state index in [0.29, 0.717) is 0 Å². The average molecular weight is 225 g/mol. The zero-order chi connectivity index (χ0) is 10.8. The molecule has 2 rings (SSSR count). The van der Waals surface area contributed by atoms with Gasteiger partial charge in [0.25, 0.3) is 0 Å². The van der Waals surface area contributed by atoms with Gasteiger partial charge >= 0.3 is 5.69 Å². The van der Waals surface area contributed by atoms with Crippen LogP contribution in [0.2, 0.25) is 0 Å². The molecule has 0 bridgehead atoms. The Bertz CT molecular complexity index is 496. The van der Waals surface area contributed by atoms with Crippen molar-refractivity contribution in [1.82, 2.24) is 13.3 Å². The number of unbranched alkanes of at least 4 members (excludes halogenated alkanes) is 1. The lowest BCUT2D eigenvalue weighted by atomic mass is 10.1. The van der Waals surface area contributed by atoms with Crippen LogP contribution in [0.15, 0.2) is 17.2 Å². The van der Waals surface area contributed by atoms with Gasteiger partial charge in [0.2, 0.25) is 4.96 Å². The molecule has 0 radical (unpaired) electrons. The van der Waals surface area contributed by atoms with E-state index in [9.17, 15) is 4.79 Å².